The second kappa shape index (κ2) is 47.5. The molecule has 0 amide bonds. The molecule has 452 valence electrons. The fourth-order valence-electron chi connectivity index (χ4n) is 8.60. The van der Waals surface area contributed by atoms with Gasteiger partial charge in [-0.15, -0.1) is 0 Å². The molecule has 0 radical (unpaired) electrons. The van der Waals surface area contributed by atoms with E-state index in [1.807, 2.05) is 30.3 Å². The zero-order valence-electron chi connectivity index (χ0n) is 52.2. The first-order valence-corrected chi connectivity index (χ1v) is 30.9. The third-order valence-corrected chi connectivity index (χ3v) is 12.6. The number of benzene rings is 6. The fraction of sp³-hybridized carbons (Fsp3) is 0.478. The molecule has 0 saturated heterocycles. The van der Waals surface area contributed by atoms with Crippen LogP contribution in [0.2, 0.25) is 0 Å². The van der Waals surface area contributed by atoms with Crippen LogP contribution in [-0.2, 0) is 0 Å². The number of nitrogens with one attached hydrogen (secondary N) is 12. The molecule has 0 spiro atoms. The summed E-state index contributed by atoms with van der Waals surface area (Å²) in [6.07, 6.45) is 9.21. The van der Waals surface area contributed by atoms with Crippen LogP contribution in [0.1, 0.15) is 107 Å². The van der Waals surface area contributed by atoms with Gasteiger partial charge in [0.2, 0.25) is 0 Å². The number of para-hydroxylation sites is 1. The van der Waals surface area contributed by atoms with Crippen LogP contribution in [-0.4, -0.2) is 105 Å². The van der Waals surface area contributed by atoms with Crippen molar-refractivity contribution in [1.82, 2.24) is 42.5 Å². The summed E-state index contributed by atoms with van der Waals surface area (Å²) in [4.78, 5) is 0. The molecule has 0 aliphatic carbocycles. The molecule has 12 N–H and O–H groups in total. The Labute approximate surface area is 497 Å². The number of hydrogen-bond donors (Lipinski definition) is 12. The van der Waals surface area contributed by atoms with E-state index in [2.05, 4.69) is 235 Å². The molecule has 0 saturated carbocycles. The zero-order valence-corrected chi connectivity index (χ0v) is 52.2. The number of hydrogen-bond acceptors (Lipinski definition) is 13. The van der Waals surface area contributed by atoms with Crippen molar-refractivity contribution in [3.63, 3.8) is 0 Å². The largest absolute Gasteiger partial charge is 0.457 e. The van der Waals surface area contributed by atoms with Crippen molar-refractivity contribution >= 4 is 22.7 Å². The van der Waals surface area contributed by atoms with Gasteiger partial charge in [-0.1, -0.05) is 100 Å². The molecule has 0 bridgehead atoms. The number of rotatable bonds is 39. The summed E-state index contributed by atoms with van der Waals surface area (Å²) in [6.45, 7) is 35.4. The van der Waals surface area contributed by atoms with E-state index < -0.39 is 0 Å². The zero-order chi connectivity index (χ0) is 58.9. The van der Waals surface area contributed by atoms with Gasteiger partial charge in [0.25, 0.3) is 0 Å². The Morgan fingerprint density at radius 2 is 0.634 bits per heavy atom. The second-order valence-electron chi connectivity index (χ2n) is 21.0. The molecule has 0 fully saturated rings. The molecule has 82 heavy (non-hydrogen) atoms. The average molecular weight is 1120 g/mol. The predicted molar refractivity (Wildman–Crippen MR) is 358 cm³/mol. The molecular weight excluding hydrogens is 1010 g/mol. The molecule has 13 nitrogen and oxygen atoms in total. The fourth-order valence-corrected chi connectivity index (χ4v) is 8.60. The highest BCUT2D eigenvalue weighted by Gasteiger charge is 2.04. The molecule has 0 unspecified atom stereocenters. The van der Waals surface area contributed by atoms with Gasteiger partial charge in [-0.2, -0.15) is 0 Å². The first-order valence-electron chi connectivity index (χ1n) is 30.9. The first-order chi connectivity index (χ1) is 40.1. The molecular formula is C69H110N12O. The highest BCUT2D eigenvalue weighted by atomic mass is 16.5. The van der Waals surface area contributed by atoms with Crippen molar-refractivity contribution in [2.24, 2.45) is 0 Å². The van der Waals surface area contributed by atoms with Crippen molar-refractivity contribution in [3.8, 4) is 22.6 Å². The molecule has 0 atom stereocenters. The monoisotopic (exact) mass is 1120 g/mol. The minimum atomic E-state index is 0.859. The van der Waals surface area contributed by atoms with Crippen LogP contribution in [0, 0.1) is 34.6 Å². The summed E-state index contributed by atoms with van der Waals surface area (Å²) in [6, 6.07) is 48.5. The van der Waals surface area contributed by atoms with Crippen LogP contribution in [0.5, 0.6) is 11.5 Å². The molecule has 6 rings (SSSR count). The number of anilines is 4. The topological polar surface area (TPSA) is 154 Å². The normalized spacial score (nSPS) is 10.6. The van der Waals surface area contributed by atoms with E-state index in [-0.39, 0.29) is 0 Å². The van der Waals surface area contributed by atoms with Gasteiger partial charge in [-0.25, -0.2) is 0 Å². The Balaban J connectivity index is 0.000000290. The van der Waals surface area contributed by atoms with Gasteiger partial charge in [0, 0.05) is 81.7 Å². The van der Waals surface area contributed by atoms with Crippen molar-refractivity contribution in [3.05, 3.63) is 167 Å². The maximum atomic E-state index is 5.92. The van der Waals surface area contributed by atoms with Gasteiger partial charge in [0.15, 0.2) is 0 Å². The maximum Gasteiger partial charge on any atom is 0.129 e. The van der Waals surface area contributed by atoms with Crippen LogP contribution in [0.3, 0.4) is 0 Å². The summed E-state index contributed by atoms with van der Waals surface area (Å²) < 4.78 is 5.92. The summed E-state index contributed by atoms with van der Waals surface area (Å²) >= 11 is 0. The Kier molecular flexibility index (Phi) is 40.7. The molecule has 13 heteroatoms. The van der Waals surface area contributed by atoms with Crippen LogP contribution in [0.25, 0.3) is 11.1 Å². The molecule has 0 aliphatic heterocycles. The minimum Gasteiger partial charge on any atom is -0.457 e. The number of aryl methyl sites for hydroxylation is 5. The van der Waals surface area contributed by atoms with Gasteiger partial charge in [-0.3, -0.25) is 0 Å². The Morgan fingerprint density at radius 3 is 1.07 bits per heavy atom. The van der Waals surface area contributed by atoms with Crippen molar-refractivity contribution in [1.29, 1.82) is 0 Å². The predicted octanol–water partition coefficient (Wildman–Crippen LogP) is 13.1. The van der Waals surface area contributed by atoms with E-state index in [1.165, 1.54) is 81.7 Å². The SMILES string of the molecule is CCCNCNCCCNc1cc(C)cc(-c2ccccc2)c1.CCCNCNCCCNc1cc(C)cc(C)c1.CCCNCNCCCNc1cc(C)cc(Oc2ccccc2)c1.CCCNCNCCCNc1cccc(C)c1. The highest BCUT2D eigenvalue weighted by Crippen LogP contribution is 2.27. The Bertz CT molecular complexity index is 2440. The van der Waals surface area contributed by atoms with Crippen LogP contribution < -0.4 is 68.5 Å². The van der Waals surface area contributed by atoms with Crippen LogP contribution in [0.4, 0.5) is 22.7 Å². The van der Waals surface area contributed by atoms with Gasteiger partial charge in [-0.05, 0) is 238 Å². The number of ether oxygens (including phenoxy) is 1. The highest BCUT2D eigenvalue weighted by molar-refractivity contribution is 5.69. The maximum absolute atomic E-state index is 5.92. The van der Waals surface area contributed by atoms with E-state index in [0.29, 0.717) is 0 Å². The lowest BCUT2D eigenvalue weighted by atomic mass is 10.0. The van der Waals surface area contributed by atoms with Crippen LogP contribution >= 0.6 is 0 Å². The van der Waals surface area contributed by atoms with Gasteiger partial charge >= 0.3 is 0 Å². The lowest BCUT2D eigenvalue weighted by molar-refractivity contribution is 0.482. The summed E-state index contributed by atoms with van der Waals surface area (Å²) in [5.41, 5.74) is 13.7. The van der Waals surface area contributed by atoms with Crippen molar-refractivity contribution in [2.45, 2.75) is 114 Å². The summed E-state index contributed by atoms with van der Waals surface area (Å²) in [5.74, 6) is 1.73. The van der Waals surface area contributed by atoms with Gasteiger partial charge < -0.3 is 68.5 Å². The lowest BCUT2D eigenvalue weighted by Crippen LogP contribution is -2.30. The van der Waals surface area contributed by atoms with E-state index in [9.17, 15) is 0 Å². The van der Waals surface area contributed by atoms with E-state index >= 15 is 0 Å². The van der Waals surface area contributed by atoms with Crippen molar-refractivity contribution < 1.29 is 4.74 Å². The minimum absolute atomic E-state index is 0.859. The van der Waals surface area contributed by atoms with Crippen molar-refractivity contribution in [2.75, 3.05) is 126 Å². The van der Waals surface area contributed by atoms with E-state index in [4.69, 9.17) is 4.74 Å². The molecule has 6 aromatic rings. The second-order valence-corrected chi connectivity index (χ2v) is 21.0. The van der Waals surface area contributed by atoms with E-state index in [0.717, 1.165) is 148 Å². The molecule has 0 aliphatic rings. The Morgan fingerprint density at radius 1 is 0.268 bits per heavy atom. The Hall–Kier alpha value is -6.00. The van der Waals surface area contributed by atoms with Gasteiger partial charge in [0.05, 0.1) is 0 Å². The standard InChI is InChI=1S/C20H29N3O.C20H29N3.C15H27N3.C14H25N3/c1-3-10-21-16-22-11-7-12-23-18-13-17(2)14-20(15-18)24-19-8-5-4-6-9-19;1-3-10-21-16-22-11-7-12-23-20-14-17(2)13-19(15-20)18-8-5-4-6-9-18;1-4-6-16-12-17-7-5-8-18-15-10-13(2)9-14(3)11-15;1-3-8-15-12-16-9-5-10-17-14-7-4-6-13(2)11-14/h4-6,8-9,13-15,21-23H,3,7,10-12,16H2,1-2H3;4-6,8-9,13-15,21-23H,3,7,10-12,16H2,1-2H3;9-11,16-18H,4-8,12H2,1-3H3;4,6-7,11,15-17H,3,5,8-10,12H2,1-2H3. The lowest BCUT2D eigenvalue weighted by Gasteiger charge is -2.12. The third kappa shape index (κ3) is 36.5. The smallest absolute Gasteiger partial charge is 0.129 e. The average Bonchev–Trinajstić information content (AvgIpc) is 3.49. The molecule has 0 aromatic heterocycles. The van der Waals surface area contributed by atoms with E-state index in [1.54, 1.807) is 0 Å². The van der Waals surface area contributed by atoms with Crippen LogP contribution in [0.15, 0.2) is 140 Å². The molecule has 6 aromatic carbocycles. The molecule has 0 heterocycles. The first kappa shape index (κ1) is 70.3. The summed E-state index contributed by atoms with van der Waals surface area (Å²) in [7, 11) is 0. The quantitative estimate of drug-likeness (QED) is 0.0131. The third-order valence-electron chi connectivity index (χ3n) is 12.6. The summed E-state index contributed by atoms with van der Waals surface area (Å²) in [5, 5.41) is 40.8. The van der Waals surface area contributed by atoms with Gasteiger partial charge in [0.1, 0.15) is 11.5 Å².